The Bertz CT molecular complexity index is 859. The van der Waals surface area contributed by atoms with Crippen molar-refractivity contribution in [2.24, 2.45) is 22.2 Å². The van der Waals surface area contributed by atoms with E-state index in [2.05, 4.69) is 10.3 Å². The molecule has 0 bridgehead atoms. The van der Waals surface area contributed by atoms with Crippen LogP contribution in [-0.4, -0.2) is 36.6 Å². The van der Waals surface area contributed by atoms with Gasteiger partial charge in [0.25, 0.3) is 5.91 Å². The highest BCUT2D eigenvalue weighted by Gasteiger charge is 2.20. The number of rotatable bonds is 7. The van der Waals surface area contributed by atoms with Crippen LogP contribution in [0.15, 0.2) is 41.4 Å². The lowest BCUT2D eigenvalue weighted by molar-refractivity contribution is -0.121. The molecule has 0 aliphatic heterocycles. The van der Waals surface area contributed by atoms with E-state index in [0.717, 1.165) is 5.39 Å². The molecule has 0 saturated heterocycles. The minimum Gasteiger partial charge on any atom is -0.370 e. The van der Waals surface area contributed by atoms with E-state index in [9.17, 15) is 14.4 Å². The van der Waals surface area contributed by atoms with Crippen LogP contribution in [0.2, 0.25) is 0 Å². The number of nitrogens with one attached hydrogen (secondary N) is 1. The Kier molecular flexibility index (Phi) is 6.40. The fraction of sp³-hybridized carbons (Fsp3) is 0.222. The van der Waals surface area contributed by atoms with Crippen molar-refractivity contribution in [1.82, 2.24) is 5.32 Å². The van der Waals surface area contributed by atoms with Crippen LogP contribution >= 0.6 is 0 Å². The van der Waals surface area contributed by atoms with E-state index < -0.39 is 17.9 Å². The van der Waals surface area contributed by atoms with Crippen molar-refractivity contribution < 1.29 is 14.4 Å². The summed E-state index contributed by atoms with van der Waals surface area (Å²) in [7, 11) is 0. The third-order valence-corrected chi connectivity index (χ3v) is 3.86. The van der Waals surface area contributed by atoms with Crippen molar-refractivity contribution in [2.45, 2.75) is 18.9 Å². The summed E-state index contributed by atoms with van der Waals surface area (Å²) in [5, 5.41) is 3.64. The maximum atomic E-state index is 12.6. The highest BCUT2D eigenvalue weighted by atomic mass is 16.2. The van der Waals surface area contributed by atoms with E-state index in [0.29, 0.717) is 31.1 Å². The second-order valence-corrected chi connectivity index (χ2v) is 5.74. The molecule has 0 heterocycles. The minimum atomic E-state index is -0.886. The topological polar surface area (TPSA) is 154 Å². The van der Waals surface area contributed by atoms with Gasteiger partial charge in [0.2, 0.25) is 5.91 Å². The van der Waals surface area contributed by atoms with E-state index in [1.54, 1.807) is 24.3 Å². The van der Waals surface area contributed by atoms with E-state index in [4.69, 9.17) is 17.2 Å². The molecular formula is C18H21N5O3. The maximum absolute atomic E-state index is 12.6. The molecule has 2 amide bonds. The second-order valence-electron chi connectivity index (χ2n) is 5.74. The van der Waals surface area contributed by atoms with Gasteiger partial charge < -0.3 is 17.2 Å². The van der Waals surface area contributed by atoms with Crippen LogP contribution in [0.3, 0.4) is 0 Å². The first-order chi connectivity index (χ1) is 12.4. The Morgan fingerprint density at radius 1 is 1.15 bits per heavy atom. The first-order valence-corrected chi connectivity index (χ1v) is 8.07. The molecule has 8 heteroatoms. The van der Waals surface area contributed by atoms with Gasteiger partial charge in [0.05, 0.1) is 11.6 Å². The van der Waals surface area contributed by atoms with Crippen molar-refractivity contribution >= 4 is 34.8 Å². The van der Waals surface area contributed by atoms with Crippen LogP contribution in [0.5, 0.6) is 0 Å². The van der Waals surface area contributed by atoms with Gasteiger partial charge in [-0.1, -0.05) is 36.4 Å². The SMILES string of the molecule is NC(N)=NCCC[C@H](N)C(=O)NC(=O)c1c(C=O)ccc2ccccc12. The number of aliphatic imine (C=N–C) groups is 1. The number of carbonyl (C=O) groups is 3. The largest absolute Gasteiger partial charge is 0.370 e. The van der Waals surface area contributed by atoms with E-state index >= 15 is 0 Å². The zero-order valence-electron chi connectivity index (χ0n) is 14.1. The van der Waals surface area contributed by atoms with Crippen LogP contribution in [0.1, 0.15) is 33.6 Å². The number of aldehydes is 1. The minimum absolute atomic E-state index is 0.0319. The van der Waals surface area contributed by atoms with Crippen molar-refractivity contribution in [1.29, 1.82) is 0 Å². The third kappa shape index (κ3) is 4.64. The van der Waals surface area contributed by atoms with E-state index in [-0.39, 0.29) is 17.1 Å². The Morgan fingerprint density at radius 3 is 2.58 bits per heavy atom. The number of imide groups is 1. The molecule has 0 aromatic heterocycles. The molecular weight excluding hydrogens is 334 g/mol. The molecule has 0 unspecified atom stereocenters. The lowest BCUT2D eigenvalue weighted by Crippen LogP contribution is -2.43. The highest BCUT2D eigenvalue weighted by Crippen LogP contribution is 2.21. The fourth-order valence-electron chi connectivity index (χ4n) is 2.56. The summed E-state index contributed by atoms with van der Waals surface area (Å²) in [6.45, 7) is 0.343. The number of hydrogen-bond acceptors (Lipinski definition) is 5. The smallest absolute Gasteiger partial charge is 0.259 e. The van der Waals surface area contributed by atoms with Crippen molar-refractivity contribution in [3.05, 3.63) is 47.5 Å². The Morgan fingerprint density at radius 2 is 1.88 bits per heavy atom. The van der Waals surface area contributed by atoms with Gasteiger partial charge in [-0.15, -0.1) is 0 Å². The molecule has 2 rings (SSSR count). The summed E-state index contributed by atoms with van der Waals surface area (Å²) >= 11 is 0. The lowest BCUT2D eigenvalue weighted by Gasteiger charge is -2.13. The Labute approximate surface area is 150 Å². The zero-order chi connectivity index (χ0) is 19.1. The maximum Gasteiger partial charge on any atom is 0.259 e. The predicted octanol–water partition coefficient (Wildman–Crippen LogP) is 0.290. The number of nitrogens with zero attached hydrogens (tertiary/aromatic N) is 1. The van der Waals surface area contributed by atoms with Gasteiger partial charge in [0, 0.05) is 12.1 Å². The van der Waals surface area contributed by atoms with Gasteiger partial charge in [0.15, 0.2) is 12.2 Å². The first kappa shape index (κ1) is 19.1. The van der Waals surface area contributed by atoms with Gasteiger partial charge in [-0.25, -0.2) is 0 Å². The van der Waals surface area contributed by atoms with Crippen LogP contribution in [0, 0.1) is 0 Å². The average Bonchev–Trinajstić information content (AvgIpc) is 2.63. The van der Waals surface area contributed by atoms with Gasteiger partial charge >= 0.3 is 0 Å². The predicted molar refractivity (Wildman–Crippen MR) is 99.7 cm³/mol. The van der Waals surface area contributed by atoms with Gasteiger partial charge in [-0.2, -0.15) is 0 Å². The normalized spacial score (nSPS) is 11.6. The van der Waals surface area contributed by atoms with Crippen molar-refractivity contribution in [3.8, 4) is 0 Å². The number of fused-ring (bicyclic) bond motifs is 1. The van der Waals surface area contributed by atoms with E-state index in [1.807, 2.05) is 12.1 Å². The lowest BCUT2D eigenvalue weighted by atomic mass is 9.98. The zero-order valence-corrected chi connectivity index (χ0v) is 14.1. The second kappa shape index (κ2) is 8.72. The van der Waals surface area contributed by atoms with Crippen molar-refractivity contribution in [2.75, 3.05) is 6.54 Å². The summed E-state index contributed by atoms with van der Waals surface area (Å²) in [6, 6.07) is 9.52. The van der Waals surface area contributed by atoms with Crippen LogP contribution in [-0.2, 0) is 4.79 Å². The number of guanidine groups is 1. The monoisotopic (exact) mass is 355 g/mol. The quantitative estimate of drug-likeness (QED) is 0.242. The molecule has 7 N–H and O–H groups in total. The summed E-state index contributed by atoms with van der Waals surface area (Å²) in [5.74, 6) is -1.31. The molecule has 2 aromatic carbocycles. The fourth-order valence-corrected chi connectivity index (χ4v) is 2.56. The molecule has 0 aliphatic carbocycles. The van der Waals surface area contributed by atoms with Crippen LogP contribution in [0.25, 0.3) is 10.8 Å². The van der Waals surface area contributed by atoms with Crippen LogP contribution < -0.4 is 22.5 Å². The molecule has 136 valence electrons. The van der Waals surface area contributed by atoms with Gasteiger partial charge in [-0.3, -0.25) is 24.7 Å². The molecule has 26 heavy (non-hydrogen) atoms. The average molecular weight is 355 g/mol. The molecule has 0 saturated carbocycles. The molecule has 2 aromatic rings. The molecule has 8 nitrogen and oxygen atoms in total. The van der Waals surface area contributed by atoms with Gasteiger partial charge in [-0.05, 0) is 23.6 Å². The molecule has 1 atom stereocenters. The summed E-state index contributed by atoms with van der Waals surface area (Å²) in [5.41, 5.74) is 16.6. The molecule has 0 fully saturated rings. The van der Waals surface area contributed by atoms with E-state index in [1.165, 1.54) is 0 Å². The molecule has 0 aliphatic rings. The Balaban J connectivity index is 2.12. The number of carbonyl (C=O) groups excluding carboxylic acids is 3. The van der Waals surface area contributed by atoms with Crippen molar-refractivity contribution in [3.63, 3.8) is 0 Å². The summed E-state index contributed by atoms with van der Waals surface area (Å²) in [4.78, 5) is 39.8. The summed E-state index contributed by atoms with van der Waals surface area (Å²) < 4.78 is 0. The number of benzene rings is 2. The van der Waals surface area contributed by atoms with Gasteiger partial charge in [0.1, 0.15) is 0 Å². The molecule has 0 spiro atoms. The third-order valence-electron chi connectivity index (χ3n) is 3.86. The van der Waals surface area contributed by atoms with Crippen LogP contribution in [0.4, 0.5) is 0 Å². The number of amides is 2. The highest BCUT2D eigenvalue weighted by molar-refractivity contribution is 6.16. The molecule has 0 radical (unpaired) electrons. The standard InChI is InChI=1S/C18H21N5O3/c19-14(6-3-9-22-18(20)21)16(25)23-17(26)15-12(10-24)8-7-11-4-1-2-5-13(11)15/h1-2,4-5,7-8,10,14H,3,6,9,19H2,(H4,20,21,22)(H,23,25,26)/t14-/m0/s1. The number of nitrogens with two attached hydrogens (primary N) is 3. The number of hydrogen-bond donors (Lipinski definition) is 4. The summed E-state index contributed by atoms with van der Waals surface area (Å²) in [6.07, 6.45) is 1.39. The first-order valence-electron chi connectivity index (χ1n) is 8.07. The Hall–Kier alpha value is -3.26.